The van der Waals surface area contributed by atoms with Crippen LogP contribution in [0.3, 0.4) is 0 Å². The summed E-state index contributed by atoms with van der Waals surface area (Å²) >= 11 is 7.32. The Hall–Kier alpha value is -2.36. The molecular weight excluding hydrogens is 468 g/mol. The predicted octanol–water partition coefficient (Wildman–Crippen LogP) is 3.63. The van der Waals surface area contributed by atoms with Crippen LogP contribution in [0.4, 0.5) is 0 Å². The Kier molecular flexibility index (Phi) is 6.60. The summed E-state index contributed by atoms with van der Waals surface area (Å²) in [6.45, 7) is 2.01. The van der Waals surface area contributed by atoms with Gasteiger partial charge >= 0.3 is 0 Å². The molecule has 1 fully saturated rings. The van der Waals surface area contributed by atoms with E-state index in [0.29, 0.717) is 22.4 Å². The first-order chi connectivity index (χ1) is 15.2. The molecular formula is C22H23ClN4O3S2. The third-order valence-electron chi connectivity index (χ3n) is 5.47. The fourth-order valence-corrected chi connectivity index (χ4v) is 6.44. The molecule has 0 radical (unpaired) electrons. The van der Waals surface area contributed by atoms with Gasteiger partial charge < -0.3 is 4.90 Å². The van der Waals surface area contributed by atoms with Gasteiger partial charge in [-0.05, 0) is 55.3 Å². The van der Waals surface area contributed by atoms with Gasteiger partial charge in [-0.1, -0.05) is 35.5 Å². The number of rotatable bonds is 6. The van der Waals surface area contributed by atoms with Gasteiger partial charge in [-0.3, -0.25) is 9.36 Å². The molecule has 3 aromatic rings. The first-order valence-corrected chi connectivity index (χ1v) is 13.3. The third kappa shape index (κ3) is 5.00. The van der Waals surface area contributed by atoms with Crippen LogP contribution < -0.4 is 0 Å². The number of aromatic nitrogens is 3. The Labute approximate surface area is 196 Å². The molecule has 0 saturated carbocycles. The number of amides is 1. The molecule has 7 nitrogen and oxygen atoms in total. The van der Waals surface area contributed by atoms with E-state index in [1.807, 2.05) is 47.9 Å². The zero-order chi connectivity index (χ0) is 22.9. The average Bonchev–Trinajstić information content (AvgIpc) is 3.35. The van der Waals surface area contributed by atoms with Crippen LogP contribution in [0, 0.1) is 6.92 Å². The molecule has 0 aliphatic carbocycles. The molecule has 2 heterocycles. The standard InChI is InChI=1S/C22H23ClN4O3S2/c1-15-4-3-5-18(12-15)27-21(16-6-8-17(23)9-7-16)24-25-22(27)31-13-20(28)26(2)19-10-11-32(29,30)14-19/h3-9,12,19H,10-11,13-14H2,1-2H3. The lowest BCUT2D eigenvalue weighted by Crippen LogP contribution is -2.38. The summed E-state index contributed by atoms with van der Waals surface area (Å²) in [5.74, 6) is 0.813. The quantitative estimate of drug-likeness (QED) is 0.490. The van der Waals surface area contributed by atoms with E-state index in [4.69, 9.17) is 11.6 Å². The van der Waals surface area contributed by atoms with Crippen molar-refractivity contribution in [1.82, 2.24) is 19.7 Å². The molecule has 1 aromatic heterocycles. The molecule has 0 bridgehead atoms. The van der Waals surface area contributed by atoms with Crippen molar-refractivity contribution in [3.63, 3.8) is 0 Å². The monoisotopic (exact) mass is 490 g/mol. The predicted molar refractivity (Wildman–Crippen MR) is 127 cm³/mol. The van der Waals surface area contributed by atoms with Gasteiger partial charge in [-0.15, -0.1) is 10.2 Å². The molecule has 1 unspecified atom stereocenters. The zero-order valence-corrected chi connectivity index (χ0v) is 20.1. The van der Waals surface area contributed by atoms with Crippen LogP contribution in [0.15, 0.2) is 53.7 Å². The second-order valence-corrected chi connectivity index (χ2v) is 11.4. The number of sulfone groups is 1. The van der Waals surface area contributed by atoms with Crippen molar-refractivity contribution in [3.05, 3.63) is 59.1 Å². The summed E-state index contributed by atoms with van der Waals surface area (Å²) in [4.78, 5) is 14.3. The summed E-state index contributed by atoms with van der Waals surface area (Å²) in [5.41, 5.74) is 2.84. The lowest BCUT2D eigenvalue weighted by molar-refractivity contribution is -0.128. The van der Waals surface area contributed by atoms with E-state index >= 15 is 0 Å². The first-order valence-electron chi connectivity index (χ1n) is 10.1. The van der Waals surface area contributed by atoms with E-state index < -0.39 is 9.84 Å². The summed E-state index contributed by atoms with van der Waals surface area (Å²) in [7, 11) is -1.39. The number of benzene rings is 2. The number of thioether (sulfide) groups is 1. The van der Waals surface area contributed by atoms with Crippen LogP contribution in [0.2, 0.25) is 5.02 Å². The number of halogens is 1. The van der Waals surface area contributed by atoms with Crippen molar-refractivity contribution in [2.45, 2.75) is 24.5 Å². The molecule has 10 heteroatoms. The van der Waals surface area contributed by atoms with Gasteiger partial charge in [0.2, 0.25) is 5.91 Å². The maximum absolute atomic E-state index is 12.8. The van der Waals surface area contributed by atoms with Gasteiger partial charge in [-0.25, -0.2) is 8.42 Å². The van der Waals surface area contributed by atoms with Crippen molar-refractivity contribution in [2.24, 2.45) is 0 Å². The minimum Gasteiger partial charge on any atom is -0.341 e. The van der Waals surface area contributed by atoms with Gasteiger partial charge in [0.1, 0.15) is 0 Å². The Morgan fingerprint density at radius 1 is 1.22 bits per heavy atom. The molecule has 2 aromatic carbocycles. The highest BCUT2D eigenvalue weighted by Gasteiger charge is 2.32. The number of hydrogen-bond donors (Lipinski definition) is 0. The van der Waals surface area contributed by atoms with Gasteiger partial charge in [0, 0.05) is 29.4 Å². The number of nitrogens with zero attached hydrogens (tertiary/aromatic N) is 4. The lowest BCUT2D eigenvalue weighted by atomic mass is 10.2. The Balaban J connectivity index is 1.60. The van der Waals surface area contributed by atoms with E-state index in [-0.39, 0.29) is 29.2 Å². The van der Waals surface area contributed by atoms with Crippen molar-refractivity contribution in [1.29, 1.82) is 0 Å². The van der Waals surface area contributed by atoms with Crippen molar-refractivity contribution >= 4 is 39.1 Å². The van der Waals surface area contributed by atoms with Crippen LogP contribution in [-0.4, -0.2) is 64.3 Å². The normalized spacial score (nSPS) is 17.4. The molecule has 1 aliphatic heterocycles. The second-order valence-electron chi connectivity index (χ2n) is 7.84. The minimum absolute atomic E-state index is 0.0279. The van der Waals surface area contributed by atoms with Gasteiger partial charge in [-0.2, -0.15) is 0 Å². The van der Waals surface area contributed by atoms with E-state index in [1.165, 1.54) is 11.8 Å². The summed E-state index contributed by atoms with van der Waals surface area (Å²) in [6, 6.07) is 15.1. The average molecular weight is 491 g/mol. The zero-order valence-electron chi connectivity index (χ0n) is 17.7. The number of carbonyl (C=O) groups excluding carboxylic acids is 1. The Morgan fingerprint density at radius 2 is 1.97 bits per heavy atom. The molecule has 32 heavy (non-hydrogen) atoms. The van der Waals surface area contributed by atoms with E-state index in [9.17, 15) is 13.2 Å². The Bertz CT molecular complexity index is 1240. The topological polar surface area (TPSA) is 85.2 Å². The van der Waals surface area contributed by atoms with E-state index in [1.54, 1.807) is 24.1 Å². The summed E-state index contributed by atoms with van der Waals surface area (Å²) in [6.07, 6.45) is 0.482. The van der Waals surface area contributed by atoms with Crippen LogP contribution in [0.25, 0.3) is 17.1 Å². The lowest BCUT2D eigenvalue weighted by Gasteiger charge is -2.23. The molecule has 4 rings (SSSR count). The third-order valence-corrected chi connectivity index (χ3v) is 8.39. The van der Waals surface area contributed by atoms with E-state index in [2.05, 4.69) is 10.2 Å². The maximum Gasteiger partial charge on any atom is 0.233 e. The highest BCUT2D eigenvalue weighted by Crippen LogP contribution is 2.29. The fourth-order valence-electron chi connectivity index (χ4n) is 3.66. The maximum atomic E-state index is 12.8. The number of hydrogen-bond acceptors (Lipinski definition) is 6. The number of carbonyl (C=O) groups is 1. The largest absolute Gasteiger partial charge is 0.341 e. The molecule has 1 amide bonds. The van der Waals surface area contributed by atoms with Gasteiger partial charge in [0.05, 0.1) is 17.3 Å². The SMILES string of the molecule is Cc1cccc(-n2c(SCC(=O)N(C)C3CCS(=O)(=O)C3)nnc2-c2ccc(Cl)cc2)c1. The van der Waals surface area contributed by atoms with Crippen molar-refractivity contribution in [3.8, 4) is 17.1 Å². The number of aryl methyl sites for hydroxylation is 1. The van der Waals surface area contributed by atoms with Crippen LogP contribution in [-0.2, 0) is 14.6 Å². The second kappa shape index (κ2) is 9.25. The van der Waals surface area contributed by atoms with Gasteiger partial charge in [0.15, 0.2) is 20.8 Å². The summed E-state index contributed by atoms with van der Waals surface area (Å²) < 4.78 is 25.4. The minimum atomic E-state index is -3.05. The van der Waals surface area contributed by atoms with E-state index in [0.717, 1.165) is 16.8 Å². The molecule has 168 valence electrons. The van der Waals surface area contributed by atoms with Crippen molar-refractivity contribution in [2.75, 3.05) is 24.3 Å². The van der Waals surface area contributed by atoms with Gasteiger partial charge in [0.25, 0.3) is 0 Å². The molecule has 0 spiro atoms. The summed E-state index contributed by atoms with van der Waals surface area (Å²) in [5, 5.41) is 9.95. The highest BCUT2D eigenvalue weighted by molar-refractivity contribution is 7.99. The highest BCUT2D eigenvalue weighted by atomic mass is 35.5. The Morgan fingerprint density at radius 3 is 2.62 bits per heavy atom. The molecule has 1 aliphatic rings. The smallest absolute Gasteiger partial charge is 0.233 e. The fraction of sp³-hybridized carbons (Fsp3) is 0.318. The molecule has 0 N–H and O–H groups in total. The van der Waals surface area contributed by atoms with Crippen LogP contribution >= 0.6 is 23.4 Å². The molecule has 1 atom stereocenters. The van der Waals surface area contributed by atoms with Crippen LogP contribution in [0.5, 0.6) is 0 Å². The van der Waals surface area contributed by atoms with Crippen LogP contribution in [0.1, 0.15) is 12.0 Å². The first kappa shape index (κ1) is 22.8. The molecule has 1 saturated heterocycles. The van der Waals surface area contributed by atoms with Crippen molar-refractivity contribution < 1.29 is 13.2 Å².